The first-order valence-electron chi connectivity index (χ1n) is 7.00. The van der Waals surface area contributed by atoms with Gasteiger partial charge < -0.3 is 9.32 Å². The number of hydrogen-bond acceptors (Lipinski definition) is 4. The first-order chi connectivity index (χ1) is 9.78. The van der Waals surface area contributed by atoms with E-state index in [4.69, 9.17) is 4.42 Å². The molecule has 3 heterocycles. The van der Waals surface area contributed by atoms with Gasteiger partial charge in [-0.05, 0) is 25.5 Å². The maximum absolute atomic E-state index is 5.94. The van der Waals surface area contributed by atoms with Crippen molar-refractivity contribution < 1.29 is 4.42 Å². The van der Waals surface area contributed by atoms with Crippen molar-refractivity contribution in [3.63, 3.8) is 0 Å². The van der Waals surface area contributed by atoms with Gasteiger partial charge in [0.05, 0.1) is 12.2 Å². The highest BCUT2D eigenvalue weighted by molar-refractivity contribution is 8.17. The zero-order valence-corrected chi connectivity index (χ0v) is 12.5. The van der Waals surface area contributed by atoms with Crippen LogP contribution in [0.3, 0.4) is 0 Å². The van der Waals surface area contributed by atoms with Crippen LogP contribution in [0, 0.1) is 6.92 Å². The van der Waals surface area contributed by atoms with E-state index in [9.17, 15) is 0 Å². The molecule has 0 spiro atoms. The number of fused-ring (bicyclic) bond motifs is 2. The van der Waals surface area contributed by atoms with Crippen LogP contribution in [0.15, 0.2) is 38.6 Å². The minimum atomic E-state index is 0.899. The number of para-hydroxylation sites is 1. The number of furan rings is 1. The lowest BCUT2D eigenvalue weighted by Crippen LogP contribution is -2.20. The maximum atomic E-state index is 5.94. The van der Waals surface area contributed by atoms with Gasteiger partial charge in [0.25, 0.3) is 0 Å². The molecule has 0 unspecified atom stereocenters. The lowest BCUT2D eigenvalue weighted by atomic mass is 10.1. The lowest BCUT2D eigenvalue weighted by molar-refractivity contribution is 0.574. The first-order valence-corrected chi connectivity index (χ1v) is 7.82. The molecule has 0 fully saturated rings. The average Bonchev–Trinajstić information content (AvgIpc) is 3.09. The van der Waals surface area contributed by atoms with Crippen molar-refractivity contribution in [3.05, 3.63) is 40.5 Å². The molecule has 1 aromatic carbocycles. The monoisotopic (exact) mass is 284 g/mol. The molecule has 1 aromatic heterocycles. The Balaban J connectivity index is 1.95. The van der Waals surface area contributed by atoms with Gasteiger partial charge in [-0.1, -0.05) is 30.8 Å². The Morgan fingerprint density at radius 2 is 2.30 bits per heavy atom. The van der Waals surface area contributed by atoms with E-state index in [0.29, 0.717) is 0 Å². The van der Waals surface area contributed by atoms with E-state index >= 15 is 0 Å². The van der Waals surface area contributed by atoms with E-state index in [2.05, 4.69) is 41.1 Å². The fourth-order valence-electron chi connectivity index (χ4n) is 2.94. The Hall–Kier alpha value is -1.68. The van der Waals surface area contributed by atoms with E-state index in [1.54, 1.807) is 0 Å². The minimum absolute atomic E-state index is 0.899. The van der Waals surface area contributed by atoms with E-state index < -0.39 is 0 Å². The van der Waals surface area contributed by atoms with Crippen molar-refractivity contribution >= 4 is 33.6 Å². The average molecular weight is 284 g/mol. The third-order valence-electron chi connectivity index (χ3n) is 3.79. The van der Waals surface area contributed by atoms with Crippen molar-refractivity contribution in [1.29, 1.82) is 0 Å². The standard InChI is InChI=1S/C16H16N2OS/c1-3-13-14(18-8-7-17-16(18)20-13)12-6-4-5-11-9-10(2)19-15(11)12/h4-6,9H,3,7-8H2,1-2H3. The van der Waals surface area contributed by atoms with Crippen molar-refractivity contribution in [2.24, 2.45) is 4.99 Å². The van der Waals surface area contributed by atoms with Crippen LogP contribution in [0.4, 0.5) is 0 Å². The lowest BCUT2D eigenvalue weighted by Gasteiger charge is -2.17. The number of rotatable bonds is 2. The molecule has 0 saturated carbocycles. The van der Waals surface area contributed by atoms with Gasteiger partial charge in [-0.15, -0.1) is 0 Å². The molecule has 0 radical (unpaired) electrons. The number of nitrogens with zero attached hydrogens (tertiary/aromatic N) is 2. The van der Waals surface area contributed by atoms with Crippen molar-refractivity contribution in [1.82, 2.24) is 4.90 Å². The number of hydrogen-bond donors (Lipinski definition) is 0. The van der Waals surface area contributed by atoms with Crippen LogP contribution in [0.25, 0.3) is 16.7 Å². The second-order valence-electron chi connectivity index (χ2n) is 5.12. The SMILES string of the molecule is CCC1=C(c2cccc3cc(C)oc23)N2CCN=C2S1. The summed E-state index contributed by atoms with van der Waals surface area (Å²) in [4.78, 5) is 8.33. The van der Waals surface area contributed by atoms with Crippen LogP contribution in [0.5, 0.6) is 0 Å². The fraction of sp³-hybridized carbons (Fsp3) is 0.312. The Bertz CT molecular complexity index is 757. The highest BCUT2D eigenvalue weighted by Crippen LogP contribution is 2.44. The molecule has 102 valence electrons. The molecule has 0 amide bonds. The molecule has 0 aliphatic carbocycles. The molecule has 4 rings (SSSR count). The second-order valence-corrected chi connectivity index (χ2v) is 6.19. The number of allylic oxidation sites excluding steroid dienone is 1. The molecule has 2 aromatic rings. The summed E-state index contributed by atoms with van der Waals surface area (Å²) in [7, 11) is 0. The van der Waals surface area contributed by atoms with Crippen molar-refractivity contribution in [2.45, 2.75) is 20.3 Å². The van der Waals surface area contributed by atoms with Gasteiger partial charge >= 0.3 is 0 Å². The fourth-order valence-corrected chi connectivity index (χ4v) is 4.07. The number of thioether (sulfide) groups is 1. The zero-order valence-electron chi connectivity index (χ0n) is 11.6. The van der Waals surface area contributed by atoms with Gasteiger partial charge in [0.15, 0.2) is 5.17 Å². The third kappa shape index (κ3) is 1.64. The Morgan fingerprint density at radius 3 is 3.15 bits per heavy atom. The minimum Gasteiger partial charge on any atom is -0.461 e. The molecular formula is C16H16N2OS. The molecule has 4 heteroatoms. The Labute approximate surface area is 122 Å². The number of aliphatic imine (C=N–C) groups is 1. The van der Waals surface area contributed by atoms with E-state index in [0.717, 1.165) is 36.0 Å². The van der Waals surface area contributed by atoms with Gasteiger partial charge in [-0.3, -0.25) is 4.99 Å². The van der Waals surface area contributed by atoms with E-state index in [1.807, 2.05) is 18.7 Å². The molecule has 2 aliphatic heterocycles. The van der Waals surface area contributed by atoms with Crippen LogP contribution in [0.2, 0.25) is 0 Å². The second kappa shape index (κ2) is 4.42. The number of amidine groups is 1. The third-order valence-corrected chi connectivity index (χ3v) is 5.05. The van der Waals surface area contributed by atoms with Crippen LogP contribution in [0.1, 0.15) is 24.7 Å². The van der Waals surface area contributed by atoms with Gasteiger partial charge in [0, 0.05) is 22.4 Å². The van der Waals surface area contributed by atoms with Gasteiger partial charge in [-0.2, -0.15) is 0 Å². The maximum Gasteiger partial charge on any atom is 0.168 e. The number of benzene rings is 1. The van der Waals surface area contributed by atoms with Crippen LogP contribution in [-0.2, 0) is 0 Å². The predicted octanol–water partition coefficient (Wildman–Crippen LogP) is 4.24. The topological polar surface area (TPSA) is 28.7 Å². The van der Waals surface area contributed by atoms with E-state index in [-0.39, 0.29) is 0 Å². The molecule has 0 atom stereocenters. The summed E-state index contributed by atoms with van der Waals surface area (Å²) >= 11 is 1.81. The van der Waals surface area contributed by atoms with Crippen molar-refractivity contribution in [2.75, 3.05) is 13.1 Å². The first kappa shape index (κ1) is 12.1. The number of aryl methyl sites for hydroxylation is 1. The van der Waals surface area contributed by atoms with Crippen LogP contribution >= 0.6 is 11.8 Å². The Kier molecular flexibility index (Phi) is 2.67. The summed E-state index contributed by atoms with van der Waals surface area (Å²) in [5, 5.41) is 2.33. The van der Waals surface area contributed by atoms with Gasteiger partial charge in [0.1, 0.15) is 11.3 Å². The normalized spacial score (nSPS) is 18.1. The quantitative estimate of drug-likeness (QED) is 0.826. The zero-order chi connectivity index (χ0) is 13.7. The predicted molar refractivity (Wildman–Crippen MR) is 84.8 cm³/mol. The van der Waals surface area contributed by atoms with Crippen molar-refractivity contribution in [3.8, 4) is 0 Å². The molecule has 0 N–H and O–H groups in total. The largest absolute Gasteiger partial charge is 0.461 e. The van der Waals surface area contributed by atoms with Crippen LogP contribution in [-0.4, -0.2) is 23.2 Å². The summed E-state index contributed by atoms with van der Waals surface area (Å²) in [5.41, 5.74) is 3.50. The molecule has 0 bridgehead atoms. The molecule has 3 nitrogen and oxygen atoms in total. The van der Waals surface area contributed by atoms with E-state index in [1.165, 1.54) is 21.6 Å². The summed E-state index contributed by atoms with van der Waals surface area (Å²) in [6.07, 6.45) is 1.03. The molecule has 2 aliphatic rings. The molecular weight excluding hydrogens is 268 g/mol. The molecule has 20 heavy (non-hydrogen) atoms. The smallest absolute Gasteiger partial charge is 0.168 e. The summed E-state index contributed by atoms with van der Waals surface area (Å²) in [5.74, 6) is 0.965. The van der Waals surface area contributed by atoms with Crippen LogP contribution < -0.4 is 0 Å². The molecule has 0 saturated heterocycles. The Morgan fingerprint density at radius 1 is 1.40 bits per heavy atom. The summed E-state index contributed by atoms with van der Waals surface area (Å²) in [6.45, 7) is 6.09. The summed E-state index contributed by atoms with van der Waals surface area (Å²) in [6, 6.07) is 8.50. The highest BCUT2D eigenvalue weighted by atomic mass is 32.2. The summed E-state index contributed by atoms with van der Waals surface area (Å²) < 4.78 is 5.94. The van der Waals surface area contributed by atoms with Gasteiger partial charge in [0.2, 0.25) is 0 Å². The highest BCUT2D eigenvalue weighted by Gasteiger charge is 2.33. The van der Waals surface area contributed by atoms with Gasteiger partial charge in [-0.25, -0.2) is 0 Å².